The van der Waals surface area contributed by atoms with Crippen molar-refractivity contribution in [2.24, 2.45) is 11.8 Å². The lowest BCUT2D eigenvalue weighted by Gasteiger charge is -2.36. The van der Waals surface area contributed by atoms with Gasteiger partial charge in [0.25, 0.3) is 0 Å². The number of cyclic esters (lactones) is 1. The first-order valence-electron chi connectivity index (χ1n) is 17.8. The summed E-state index contributed by atoms with van der Waals surface area (Å²) in [6.45, 7) is 14.7. The number of aliphatic hydroxyl groups excluding tert-OH is 2. The number of esters is 1. The van der Waals surface area contributed by atoms with Gasteiger partial charge in [-0.3, -0.25) is 4.79 Å². The zero-order valence-electron chi connectivity index (χ0n) is 30.5. The molecular weight excluding hydrogens is 616 g/mol. The molecule has 48 heavy (non-hydrogen) atoms. The molecule has 3 aliphatic heterocycles. The molecule has 0 spiro atoms. The molecule has 3 N–H and O–H groups in total. The minimum absolute atomic E-state index is 0.00340. The Balaban J connectivity index is 1.75. The highest BCUT2D eigenvalue weighted by Crippen LogP contribution is 2.37. The minimum atomic E-state index is -1.14. The molecular formula is C37H62N2O9. The highest BCUT2D eigenvalue weighted by Gasteiger charge is 2.47. The Morgan fingerprint density at radius 2 is 1.98 bits per heavy atom. The van der Waals surface area contributed by atoms with Gasteiger partial charge in [-0.25, -0.2) is 4.79 Å². The van der Waals surface area contributed by atoms with E-state index in [0.29, 0.717) is 25.8 Å². The highest BCUT2D eigenvalue weighted by molar-refractivity contribution is 5.70. The number of likely N-dealkylation sites (tertiary alicyclic amines) is 1. The second-order valence-electron chi connectivity index (χ2n) is 14.6. The molecule has 10 unspecified atom stereocenters. The number of methoxy groups -OCH3 is 1. The number of likely N-dealkylation sites (N-methyl/N-ethyl adjacent to an activating group) is 1. The fraction of sp³-hybridized carbons (Fsp3) is 0.784. The Bertz CT molecular complexity index is 1130. The van der Waals surface area contributed by atoms with Crippen LogP contribution in [0.25, 0.3) is 0 Å². The maximum Gasteiger partial charge on any atom is 0.410 e. The largest absolute Gasteiger partial charge is 0.457 e. The van der Waals surface area contributed by atoms with E-state index in [1.807, 2.05) is 40.7 Å². The summed E-state index contributed by atoms with van der Waals surface area (Å²) >= 11 is 0. The van der Waals surface area contributed by atoms with Crippen LogP contribution in [0.1, 0.15) is 86.5 Å². The lowest BCUT2D eigenvalue weighted by atomic mass is 9.88. The Labute approximate surface area is 287 Å². The minimum Gasteiger partial charge on any atom is -0.457 e. The lowest BCUT2D eigenvalue weighted by Crippen LogP contribution is -2.46. The molecule has 3 aliphatic rings. The average Bonchev–Trinajstić information content (AvgIpc) is 3.58. The first-order valence-corrected chi connectivity index (χ1v) is 17.8. The van der Waals surface area contributed by atoms with Gasteiger partial charge in [0.05, 0.1) is 36.4 Å². The predicted octanol–water partition coefficient (Wildman–Crippen LogP) is 4.39. The number of carbonyl (C=O) groups excluding carboxylic acids is 2. The number of hydrogen-bond donors (Lipinski definition) is 3. The second kappa shape index (κ2) is 18.1. The normalized spacial score (nSPS) is 34.0. The van der Waals surface area contributed by atoms with Crippen molar-refractivity contribution >= 4 is 12.1 Å². The van der Waals surface area contributed by atoms with E-state index in [1.54, 1.807) is 50.3 Å². The van der Waals surface area contributed by atoms with Gasteiger partial charge in [-0.05, 0) is 77.6 Å². The van der Waals surface area contributed by atoms with Crippen molar-refractivity contribution in [3.63, 3.8) is 0 Å². The summed E-state index contributed by atoms with van der Waals surface area (Å²) in [4.78, 5) is 30.1. The molecule has 274 valence electrons. The maximum absolute atomic E-state index is 13.2. The Kier molecular flexibility index (Phi) is 15.1. The van der Waals surface area contributed by atoms with Crippen molar-refractivity contribution in [2.45, 2.75) is 134 Å². The molecule has 0 aromatic carbocycles. The molecule has 0 aromatic heterocycles. The summed E-state index contributed by atoms with van der Waals surface area (Å²) in [5.74, 6) is -0.839. The van der Waals surface area contributed by atoms with E-state index in [2.05, 4.69) is 4.90 Å². The SMILES string of the molecule is CCC(O)C(C)C1OC1CC(C)(O)/C=C/C=C(\C)C1OC(=O)CC(O)CCC(C)(OC)C(OC(=O)N(C)CCN2CCCC2)/C=C\C1C. The first-order chi connectivity index (χ1) is 22.6. The van der Waals surface area contributed by atoms with E-state index in [1.165, 1.54) is 12.8 Å². The molecule has 10 atom stereocenters. The molecule has 2 fully saturated rings. The summed E-state index contributed by atoms with van der Waals surface area (Å²) in [6.07, 6.45) is 9.27. The number of rotatable bonds is 13. The Hall–Kier alpha value is -2.28. The number of ether oxygens (including phenoxy) is 4. The number of allylic oxidation sites excluding steroid dienone is 2. The van der Waals surface area contributed by atoms with Gasteiger partial charge in [0.1, 0.15) is 11.7 Å². The standard InChI is InChI=1S/C37H62N2O9/c1-9-29(41)27(4)34-30(46-34)24-36(5,44)17-12-13-25(2)33-26(3)14-15-31(37(6,45-8)18-16-28(40)23-32(42)48-33)47-35(43)38(7)21-22-39-19-10-11-20-39/h12-15,17,26-31,33-34,40-41,44H,9-11,16,18-24H2,1-8H3/b15-14-,17-12+,25-13+. The van der Waals surface area contributed by atoms with Crippen LogP contribution in [0, 0.1) is 11.8 Å². The number of amides is 1. The quantitative estimate of drug-likeness (QED) is 0.111. The highest BCUT2D eigenvalue weighted by atomic mass is 16.6. The van der Waals surface area contributed by atoms with Crippen molar-refractivity contribution < 1.29 is 43.9 Å². The Morgan fingerprint density at radius 1 is 1.29 bits per heavy atom. The number of epoxide rings is 1. The predicted molar refractivity (Wildman–Crippen MR) is 184 cm³/mol. The van der Waals surface area contributed by atoms with Crippen molar-refractivity contribution in [1.29, 1.82) is 0 Å². The lowest BCUT2D eigenvalue weighted by molar-refractivity contribution is -0.151. The third-order valence-corrected chi connectivity index (χ3v) is 10.3. The molecule has 0 aliphatic carbocycles. The van der Waals surface area contributed by atoms with E-state index in [4.69, 9.17) is 18.9 Å². The summed E-state index contributed by atoms with van der Waals surface area (Å²) in [6, 6.07) is 0. The van der Waals surface area contributed by atoms with E-state index < -0.39 is 47.7 Å². The van der Waals surface area contributed by atoms with Crippen molar-refractivity contribution in [2.75, 3.05) is 40.3 Å². The topological polar surface area (TPSA) is 142 Å². The molecule has 0 saturated carbocycles. The van der Waals surface area contributed by atoms with E-state index in [9.17, 15) is 24.9 Å². The van der Waals surface area contributed by atoms with Gasteiger partial charge in [0.2, 0.25) is 0 Å². The zero-order chi connectivity index (χ0) is 35.6. The van der Waals surface area contributed by atoms with Gasteiger partial charge >= 0.3 is 12.1 Å². The van der Waals surface area contributed by atoms with Crippen LogP contribution in [0.2, 0.25) is 0 Å². The van der Waals surface area contributed by atoms with Crippen LogP contribution >= 0.6 is 0 Å². The van der Waals surface area contributed by atoms with Gasteiger partial charge in [0.15, 0.2) is 6.10 Å². The number of aliphatic hydroxyl groups is 3. The fourth-order valence-electron chi connectivity index (χ4n) is 6.60. The summed E-state index contributed by atoms with van der Waals surface area (Å²) in [5, 5.41) is 31.9. The molecule has 11 heteroatoms. The van der Waals surface area contributed by atoms with Crippen LogP contribution in [0.4, 0.5) is 4.79 Å². The number of hydrogen-bond acceptors (Lipinski definition) is 10. The monoisotopic (exact) mass is 678 g/mol. The molecule has 3 rings (SSSR count). The molecule has 0 radical (unpaired) electrons. The van der Waals surface area contributed by atoms with Crippen LogP contribution in [-0.2, 0) is 23.7 Å². The smallest absolute Gasteiger partial charge is 0.410 e. The van der Waals surface area contributed by atoms with Crippen LogP contribution in [0.3, 0.4) is 0 Å². The molecule has 11 nitrogen and oxygen atoms in total. The van der Waals surface area contributed by atoms with Gasteiger partial charge in [-0.15, -0.1) is 0 Å². The van der Waals surface area contributed by atoms with Gasteiger partial charge in [0, 0.05) is 45.5 Å². The van der Waals surface area contributed by atoms with Crippen LogP contribution in [-0.4, -0.2) is 125 Å². The van der Waals surface area contributed by atoms with Gasteiger partial charge < -0.3 is 44.1 Å². The average molecular weight is 679 g/mol. The van der Waals surface area contributed by atoms with Crippen LogP contribution in [0.5, 0.6) is 0 Å². The molecule has 2 saturated heterocycles. The van der Waals surface area contributed by atoms with Gasteiger partial charge in [-0.2, -0.15) is 0 Å². The second-order valence-corrected chi connectivity index (χ2v) is 14.6. The fourth-order valence-corrected chi connectivity index (χ4v) is 6.60. The number of nitrogens with zero attached hydrogens (tertiary/aromatic N) is 2. The molecule has 0 aromatic rings. The third kappa shape index (κ3) is 11.9. The first kappa shape index (κ1) is 40.2. The van der Waals surface area contributed by atoms with E-state index >= 15 is 0 Å². The van der Waals surface area contributed by atoms with Crippen molar-refractivity contribution in [3.05, 3.63) is 36.0 Å². The van der Waals surface area contributed by atoms with Crippen molar-refractivity contribution in [3.8, 4) is 0 Å². The summed E-state index contributed by atoms with van der Waals surface area (Å²) in [5.41, 5.74) is -1.35. The molecule has 3 heterocycles. The third-order valence-electron chi connectivity index (χ3n) is 10.3. The molecule has 1 amide bonds. The van der Waals surface area contributed by atoms with Crippen LogP contribution in [0.15, 0.2) is 36.0 Å². The maximum atomic E-state index is 13.2. The van der Waals surface area contributed by atoms with Crippen LogP contribution < -0.4 is 0 Å². The van der Waals surface area contributed by atoms with E-state index in [0.717, 1.165) is 25.2 Å². The van der Waals surface area contributed by atoms with E-state index in [-0.39, 0.29) is 36.9 Å². The zero-order valence-corrected chi connectivity index (χ0v) is 30.5. The Morgan fingerprint density at radius 3 is 2.62 bits per heavy atom. The van der Waals surface area contributed by atoms with Gasteiger partial charge in [-0.1, -0.05) is 45.1 Å². The van der Waals surface area contributed by atoms with Crippen molar-refractivity contribution in [1.82, 2.24) is 9.80 Å². The summed E-state index contributed by atoms with van der Waals surface area (Å²) in [7, 11) is 3.29. The number of carbonyl (C=O) groups is 2. The molecule has 0 bridgehead atoms. The summed E-state index contributed by atoms with van der Waals surface area (Å²) < 4.78 is 23.6.